The van der Waals surface area contributed by atoms with Gasteiger partial charge in [-0.25, -0.2) is 0 Å². The Morgan fingerprint density at radius 3 is 2.65 bits per heavy atom. The van der Waals surface area contributed by atoms with Crippen LogP contribution in [0, 0.1) is 11.3 Å². The number of ether oxygens (including phenoxy) is 1. The Labute approximate surface area is 151 Å². The molecule has 0 spiro atoms. The molecule has 3 aromatic rings. The SMILES string of the molecule is COc1ccc(C(=O)NCCNc2c(C#N)cnc3ccccc23)cc1. The number of para-hydroxylation sites is 1. The second-order valence-electron chi connectivity index (χ2n) is 5.59. The smallest absolute Gasteiger partial charge is 0.251 e. The van der Waals surface area contributed by atoms with Crippen LogP contribution in [0.1, 0.15) is 15.9 Å². The Morgan fingerprint density at radius 2 is 1.92 bits per heavy atom. The van der Waals surface area contributed by atoms with E-state index >= 15 is 0 Å². The normalized spacial score (nSPS) is 10.2. The lowest BCUT2D eigenvalue weighted by molar-refractivity contribution is 0.0955. The van der Waals surface area contributed by atoms with E-state index < -0.39 is 0 Å². The number of hydrogen-bond acceptors (Lipinski definition) is 5. The highest BCUT2D eigenvalue weighted by Crippen LogP contribution is 2.24. The van der Waals surface area contributed by atoms with Gasteiger partial charge in [-0.15, -0.1) is 0 Å². The van der Waals surface area contributed by atoms with Crippen molar-refractivity contribution in [1.29, 1.82) is 5.26 Å². The summed E-state index contributed by atoms with van der Waals surface area (Å²) < 4.78 is 5.08. The zero-order valence-electron chi connectivity index (χ0n) is 14.3. The van der Waals surface area contributed by atoms with E-state index in [-0.39, 0.29) is 5.91 Å². The minimum absolute atomic E-state index is 0.158. The summed E-state index contributed by atoms with van der Waals surface area (Å²) >= 11 is 0. The number of fused-ring (bicyclic) bond motifs is 1. The molecule has 0 radical (unpaired) electrons. The number of carbonyl (C=O) groups excluding carboxylic acids is 1. The fraction of sp³-hybridized carbons (Fsp3) is 0.150. The third-order valence-electron chi connectivity index (χ3n) is 3.96. The molecule has 2 aromatic carbocycles. The van der Waals surface area contributed by atoms with Crippen molar-refractivity contribution in [3.8, 4) is 11.8 Å². The third kappa shape index (κ3) is 3.73. The monoisotopic (exact) mass is 346 g/mol. The number of nitrogens with zero attached hydrogens (tertiary/aromatic N) is 2. The molecule has 26 heavy (non-hydrogen) atoms. The van der Waals surface area contributed by atoms with Gasteiger partial charge in [0.15, 0.2) is 0 Å². The number of carbonyl (C=O) groups is 1. The Hall–Kier alpha value is -3.59. The van der Waals surface area contributed by atoms with Crippen molar-refractivity contribution in [3.63, 3.8) is 0 Å². The van der Waals surface area contributed by atoms with E-state index in [9.17, 15) is 10.1 Å². The lowest BCUT2D eigenvalue weighted by Crippen LogP contribution is -2.28. The summed E-state index contributed by atoms with van der Waals surface area (Å²) in [5.41, 5.74) is 2.59. The second-order valence-corrected chi connectivity index (χ2v) is 5.59. The number of methoxy groups -OCH3 is 1. The van der Waals surface area contributed by atoms with Crippen molar-refractivity contribution < 1.29 is 9.53 Å². The second kappa shape index (κ2) is 7.99. The van der Waals surface area contributed by atoms with Crippen LogP contribution in [0.15, 0.2) is 54.7 Å². The van der Waals surface area contributed by atoms with Crippen molar-refractivity contribution in [2.45, 2.75) is 0 Å². The largest absolute Gasteiger partial charge is 0.497 e. The highest BCUT2D eigenvalue weighted by atomic mass is 16.5. The molecule has 0 saturated heterocycles. The van der Waals surface area contributed by atoms with Gasteiger partial charge in [-0.05, 0) is 30.3 Å². The molecule has 6 heteroatoms. The van der Waals surface area contributed by atoms with E-state index in [4.69, 9.17) is 4.74 Å². The van der Waals surface area contributed by atoms with E-state index in [1.807, 2.05) is 24.3 Å². The topological polar surface area (TPSA) is 87.0 Å². The first kappa shape index (κ1) is 17.2. The number of hydrogen-bond donors (Lipinski definition) is 2. The first-order valence-electron chi connectivity index (χ1n) is 8.17. The van der Waals surface area contributed by atoms with E-state index in [0.717, 1.165) is 16.6 Å². The Bertz CT molecular complexity index is 962. The fourth-order valence-electron chi connectivity index (χ4n) is 2.62. The van der Waals surface area contributed by atoms with E-state index in [1.54, 1.807) is 37.6 Å². The van der Waals surface area contributed by atoms with Crippen LogP contribution in [0.2, 0.25) is 0 Å². The third-order valence-corrected chi connectivity index (χ3v) is 3.96. The first-order valence-corrected chi connectivity index (χ1v) is 8.17. The Kier molecular flexibility index (Phi) is 5.30. The van der Waals surface area contributed by atoms with Crippen LogP contribution in [0.3, 0.4) is 0 Å². The summed E-state index contributed by atoms with van der Waals surface area (Å²) in [6.07, 6.45) is 1.56. The number of nitriles is 1. The molecule has 0 aliphatic heterocycles. The molecule has 1 aromatic heterocycles. The van der Waals surface area contributed by atoms with E-state index in [0.29, 0.717) is 30.0 Å². The number of pyridine rings is 1. The minimum atomic E-state index is -0.158. The predicted octanol–water partition coefficient (Wildman–Crippen LogP) is 2.96. The van der Waals surface area contributed by atoms with Gasteiger partial charge in [0.25, 0.3) is 5.91 Å². The van der Waals surface area contributed by atoms with E-state index in [1.165, 1.54) is 0 Å². The Morgan fingerprint density at radius 1 is 1.15 bits per heavy atom. The summed E-state index contributed by atoms with van der Waals surface area (Å²) in [5.74, 6) is 0.548. The summed E-state index contributed by atoms with van der Waals surface area (Å²) in [5, 5.41) is 16.3. The molecular weight excluding hydrogens is 328 g/mol. The molecule has 0 bridgehead atoms. The van der Waals surface area contributed by atoms with Crippen LogP contribution in [0.5, 0.6) is 5.75 Å². The molecule has 0 unspecified atom stereocenters. The molecule has 0 aliphatic rings. The van der Waals surface area contributed by atoms with Gasteiger partial charge in [0.1, 0.15) is 11.8 Å². The lowest BCUT2D eigenvalue weighted by Gasteiger charge is -2.12. The summed E-state index contributed by atoms with van der Waals surface area (Å²) in [6.45, 7) is 0.914. The molecule has 3 rings (SSSR count). The molecule has 0 atom stereocenters. The molecule has 0 aliphatic carbocycles. The molecule has 0 fully saturated rings. The van der Waals surface area contributed by atoms with Gasteiger partial charge in [-0.1, -0.05) is 18.2 Å². The van der Waals surface area contributed by atoms with Crippen LogP contribution in [-0.4, -0.2) is 31.1 Å². The van der Waals surface area contributed by atoms with Crippen LogP contribution >= 0.6 is 0 Å². The average Bonchev–Trinajstić information content (AvgIpc) is 2.70. The Balaban J connectivity index is 1.62. The number of amides is 1. The van der Waals surface area contributed by atoms with Gasteiger partial charge in [0, 0.05) is 30.2 Å². The molecule has 2 N–H and O–H groups in total. The maximum atomic E-state index is 12.1. The van der Waals surface area contributed by atoms with Crippen LogP contribution in [0.4, 0.5) is 5.69 Å². The number of benzene rings is 2. The lowest BCUT2D eigenvalue weighted by atomic mass is 10.1. The zero-order chi connectivity index (χ0) is 18.4. The van der Waals surface area contributed by atoms with Crippen LogP contribution in [0.25, 0.3) is 10.9 Å². The molecular formula is C20H18N4O2. The van der Waals surface area contributed by atoms with Crippen molar-refractivity contribution in [3.05, 3.63) is 65.9 Å². The molecule has 6 nitrogen and oxygen atoms in total. The molecule has 130 valence electrons. The number of rotatable bonds is 6. The van der Waals surface area contributed by atoms with Crippen molar-refractivity contribution in [2.24, 2.45) is 0 Å². The van der Waals surface area contributed by atoms with Gasteiger partial charge < -0.3 is 15.4 Å². The molecule has 1 amide bonds. The van der Waals surface area contributed by atoms with Gasteiger partial charge in [0.05, 0.1) is 23.9 Å². The van der Waals surface area contributed by atoms with E-state index in [2.05, 4.69) is 21.7 Å². The highest BCUT2D eigenvalue weighted by molar-refractivity contribution is 5.95. The van der Waals surface area contributed by atoms with Crippen LogP contribution < -0.4 is 15.4 Å². The zero-order valence-corrected chi connectivity index (χ0v) is 14.3. The van der Waals surface area contributed by atoms with Crippen molar-refractivity contribution >= 4 is 22.5 Å². The van der Waals surface area contributed by atoms with Gasteiger partial charge in [-0.2, -0.15) is 5.26 Å². The quantitative estimate of drug-likeness (QED) is 0.670. The predicted molar refractivity (Wildman–Crippen MR) is 100 cm³/mol. The molecule has 1 heterocycles. The van der Waals surface area contributed by atoms with Crippen LogP contribution in [-0.2, 0) is 0 Å². The molecule has 0 saturated carbocycles. The van der Waals surface area contributed by atoms with Gasteiger partial charge >= 0.3 is 0 Å². The number of nitrogens with one attached hydrogen (secondary N) is 2. The average molecular weight is 346 g/mol. The summed E-state index contributed by atoms with van der Waals surface area (Å²) in [4.78, 5) is 16.4. The number of anilines is 1. The first-order chi connectivity index (χ1) is 12.7. The standard InChI is InChI=1S/C20H18N4O2/c1-26-16-8-6-14(7-9-16)20(25)23-11-10-22-19-15(12-21)13-24-18-5-3-2-4-17(18)19/h2-9,13H,10-11H2,1H3,(H,22,24)(H,23,25). The fourth-order valence-corrected chi connectivity index (χ4v) is 2.62. The highest BCUT2D eigenvalue weighted by Gasteiger charge is 2.09. The number of aromatic nitrogens is 1. The van der Waals surface area contributed by atoms with Gasteiger partial charge in [0.2, 0.25) is 0 Å². The summed E-state index contributed by atoms with van der Waals surface area (Å²) in [7, 11) is 1.58. The summed E-state index contributed by atoms with van der Waals surface area (Å²) in [6, 6.07) is 16.7. The maximum Gasteiger partial charge on any atom is 0.251 e. The van der Waals surface area contributed by atoms with Crippen molar-refractivity contribution in [2.75, 3.05) is 25.5 Å². The maximum absolute atomic E-state index is 12.1. The van der Waals surface area contributed by atoms with Crippen molar-refractivity contribution in [1.82, 2.24) is 10.3 Å². The minimum Gasteiger partial charge on any atom is -0.497 e. The van der Waals surface area contributed by atoms with Gasteiger partial charge in [-0.3, -0.25) is 9.78 Å².